The number of nitrogens with one attached hydrogen (secondary N) is 1. The molecule has 21 heavy (non-hydrogen) atoms. The Bertz CT molecular complexity index is 650. The molecule has 1 N–H and O–H groups in total. The van der Waals surface area contributed by atoms with E-state index in [1.165, 1.54) is 11.3 Å². The van der Waals surface area contributed by atoms with Crippen LogP contribution in [0.4, 0.5) is 13.9 Å². The van der Waals surface area contributed by atoms with Gasteiger partial charge >= 0.3 is 0 Å². The van der Waals surface area contributed by atoms with Gasteiger partial charge in [-0.05, 0) is 23.6 Å². The minimum absolute atomic E-state index is 0.0938. The van der Waals surface area contributed by atoms with Gasteiger partial charge in [0.15, 0.2) is 5.13 Å². The average Bonchev–Trinajstić information content (AvgIpc) is 2.66. The lowest BCUT2D eigenvalue weighted by Gasteiger charge is -2.16. The number of halogens is 2. The molecule has 0 aliphatic rings. The molecule has 7 heteroatoms. The predicted octanol–water partition coefficient (Wildman–Crippen LogP) is 4.99. The minimum Gasteiger partial charge on any atom is -0.302 e. The lowest BCUT2D eigenvalue weighted by molar-refractivity contribution is -0.117. The van der Waals surface area contributed by atoms with Crippen LogP contribution < -0.4 is 5.32 Å². The second-order valence-corrected chi connectivity index (χ2v) is 7.91. The summed E-state index contributed by atoms with van der Waals surface area (Å²) in [5.41, 5.74) is 0.603. The molecule has 0 aliphatic carbocycles. The van der Waals surface area contributed by atoms with Crippen LogP contribution in [0.25, 0.3) is 10.2 Å². The Labute approximate surface area is 130 Å². The molecular formula is C14H16F2N2OS2. The van der Waals surface area contributed by atoms with Gasteiger partial charge in [-0.15, -0.1) is 0 Å². The van der Waals surface area contributed by atoms with E-state index in [9.17, 15) is 13.6 Å². The van der Waals surface area contributed by atoms with Crippen molar-refractivity contribution >= 4 is 44.4 Å². The first-order valence-corrected chi connectivity index (χ1v) is 8.08. The van der Waals surface area contributed by atoms with E-state index in [-0.39, 0.29) is 11.3 Å². The second kappa shape index (κ2) is 6.27. The number of hydrogen-bond acceptors (Lipinski definition) is 4. The van der Waals surface area contributed by atoms with Gasteiger partial charge in [-0.2, -0.15) is 8.78 Å². The van der Waals surface area contributed by atoms with Gasteiger partial charge in [0.1, 0.15) is 0 Å². The molecule has 114 valence electrons. The number of carbonyl (C=O) groups is 1. The van der Waals surface area contributed by atoms with Crippen LogP contribution in [0, 0.1) is 5.41 Å². The standard InChI is InChI=1S/C14H16F2N2OS2/c1-14(2,3)7-11(19)18-13-17-9-5-4-8(20-12(15)16)6-10(9)21-13/h4-6,12H,7H2,1-3H3,(H,17,18,19). The number of fused-ring (bicyclic) bond motifs is 1. The Morgan fingerprint density at radius 2 is 2.14 bits per heavy atom. The number of thiazole rings is 1. The molecule has 0 saturated carbocycles. The largest absolute Gasteiger partial charge is 0.302 e. The van der Waals surface area contributed by atoms with Gasteiger partial charge in [-0.25, -0.2) is 4.98 Å². The smallest absolute Gasteiger partial charge is 0.288 e. The van der Waals surface area contributed by atoms with Crippen molar-refractivity contribution in [1.82, 2.24) is 4.98 Å². The second-order valence-electron chi connectivity index (χ2n) is 5.81. The molecule has 1 heterocycles. The molecule has 0 atom stereocenters. The third kappa shape index (κ3) is 4.93. The first-order chi connectivity index (χ1) is 9.73. The summed E-state index contributed by atoms with van der Waals surface area (Å²) in [6.45, 7) is 5.95. The third-order valence-corrected chi connectivity index (χ3v) is 4.16. The van der Waals surface area contributed by atoms with Gasteiger partial charge in [0, 0.05) is 11.3 Å². The zero-order valence-electron chi connectivity index (χ0n) is 11.9. The van der Waals surface area contributed by atoms with E-state index in [1.54, 1.807) is 18.2 Å². The lowest BCUT2D eigenvalue weighted by Crippen LogP contribution is -2.19. The summed E-state index contributed by atoms with van der Waals surface area (Å²) in [4.78, 5) is 16.7. The molecule has 0 bridgehead atoms. The molecule has 0 fully saturated rings. The Kier molecular flexibility index (Phi) is 4.83. The molecule has 1 aromatic carbocycles. The fourth-order valence-electron chi connectivity index (χ4n) is 1.78. The number of rotatable bonds is 4. The van der Waals surface area contributed by atoms with E-state index >= 15 is 0 Å². The maximum Gasteiger partial charge on any atom is 0.288 e. The van der Waals surface area contributed by atoms with Crippen LogP contribution in [0.5, 0.6) is 0 Å². The van der Waals surface area contributed by atoms with Gasteiger partial charge in [0.25, 0.3) is 5.76 Å². The predicted molar refractivity (Wildman–Crippen MR) is 84.2 cm³/mol. The van der Waals surface area contributed by atoms with E-state index in [2.05, 4.69) is 10.3 Å². The Balaban J connectivity index is 2.13. The van der Waals surface area contributed by atoms with E-state index in [4.69, 9.17) is 0 Å². The van der Waals surface area contributed by atoms with Crippen LogP contribution in [-0.2, 0) is 4.79 Å². The summed E-state index contributed by atoms with van der Waals surface area (Å²) in [5, 5.41) is 3.26. The highest BCUT2D eigenvalue weighted by Crippen LogP contribution is 2.32. The van der Waals surface area contributed by atoms with E-state index in [1.807, 2.05) is 20.8 Å². The Morgan fingerprint density at radius 3 is 2.76 bits per heavy atom. The van der Waals surface area contributed by atoms with Gasteiger partial charge in [0.05, 0.1) is 10.2 Å². The molecule has 2 aromatic rings. The molecule has 0 radical (unpaired) electrons. The Morgan fingerprint density at radius 1 is 1.43 bits per heavy atom. The number of anilines is 1. The topological polar surface area (TPSA) is 42.0 Å². The number of aromatic nitrogens is 1. The first-order valence-electron chi connectivity index (χ1n) is 6.38. The molecule has 0 spiro atoms. The van der Waals surface area contributed by atoms with Gasteiger partial charge in [0.2, 0.25) is 5.91 Å². The lowest BCUT2D eigenvalue weighted by atomic mass is 9.92. The fourth-order valence-corrected chi connectivity index (χ4v) is 3.31. The number of benzene rings is 1. The van der Waals surface area contributed by atoms with Crippen molar-refractivity contribution in [2.45, 2.75) is 37.8 Å². The summed E-state index contributed by atoms with van der Waals surface area (Å²) in [7, 11) is 0. The van der Waals surface area contributed by atoms with Gasteiger partial charge < -0.3 is 5.32 Å². The summed E-state index contributed by atoms with van der Waals surface area (Å²) < 4.78 is 25.5. The minimum atomic E-state index is -2.44. The highest BCUT2D eigenvalue weighted by Gasteiger charge is 2.17. The third-order valence-electron chi connectivity index (χ3n) is 2.52. The molecule has 0 unspecified atom stereocenters. The van der Waals surface area contributed by atoms with E-state index in [0.717, 1.165) is 4.70 Å². The van der Waals surface area contributed by atoms with Crippen molar-refractivity contribution in [3.05, 3.63) is 18.2 Å². The van der Waals surface area contributed by atoms with E-state index in [0.29, 0.717) is 33.7 Å². The van der Waals surface area contributed by atoms with Crippen LogP contribution in [-0.4, -0.2) is 16.6 Å². The van der Waals surface area contributed by atoms with Gasteiger partial charge in [-0.1, -0.05) is 43.9 Å². The van der Waals surface area contributed by atoms with Crippen molar-refractivity contribution in [3.8, 4) is 0 Å². The number of alkyl halides is 2. The molecule has 2 rings (SSSR count). The van der Waals surface area contributed by atoms with E-state index < -0.39 is 5.76 Å². The molecule has 0 saturated heterocycles. The SMILES string of the molecule is CC(C)(C)CC(=O)Nc1nc2ccc(SC(F)F)cc2s1. The van der Waals surface area contributed by atoms with Gasteiger partial charge in [-0.3, -0.25) is 4.79 Å². The molecule has 1 amide bonds. The zero-order chi connectivity index (χ0) is 15.6. The number of amides is 1. The average molecular weight is 330 g/mol. The van der Waals surface area contributed by atoms with Crippen molar-refractivity contribution in [1.29, 1.82) is 0 Å². The van der Waals surface area contributed by atoms with Crippen LogP contribution in [0.3, 0.4) is 0 Å². The fraction of sp³-hybridized carbons (Fsp3) is 0.429. The highest BCUT2D eigenvalue weighted by atomic mass is 32.2. The van der Waals surface area contributed by atoms with Crippen LogP contribution in [0.1, 0.15) is 27.2 Å². The molecule has 0 aliphatic heterocycles. The normalized spacial score (nSPS) is 12.1. The van der Waals surface area contributed by atoms with Crippen molar-refractivity contribution < 1.29 is 13.6 Å². The quantitative estimate of drug-likeness (QED) is 0.803. The van der Waals surface area contributed by atoms with Crippen LogP contribution in [0.2, 0.25) is 0 Å². The summed E-state index contributed by atoms with van der Waals surface area (Å²) in [6.07, 6.45) is 0.398. The summed E-state index contributed by atoms with van der Waals surface area (Å²) in [6, 6.07) is 4.97. The monoisotopic (exact) mass is 330 g/mol. The molecule has 1 aromatic heterocycles. The van der Waals surface area contributed by atoms with Crippen molar-refractivity contribution in [2.75, 3.05) is 5.32 Å². The maximum atomic E-state index is 12.3. The molecule has 3 nitrogen and oxygen atoms in total. The molecular weight excluding hydrogens is 314 g/mol. The van der Waals surface area contributed by atoms with Crippen LogP contribution in [0.15, 0.2) is 23.1 Å². The zero-order valence-corrected chi connectivity index (χ0v) is 13.6. The summed E-state index contributed by atoms with van der Waals surface area (Å²) in [5.74, 6) is -2.54. The number of nitrogens with zero attached hydrogens (tertiary/aromatic N) is 1. The van der Waals surface area contributed by atoms with Crippen LogP contribution >= 0.6 is 23.1 Å². The maximum absolute atomic E-state index is 12.3. The number of carbonyl (C=O) groups excluding carboxylic acids is 1. The first kappa shape index (κ1) is 16.2. The Hall–Kier alpha value is -1.21. The number of hydrogen-bond donors (Lipinski definition) is 1. The van der Waals surface area contributed by atoms with Crippen molar-refractivity contribution in [3.63, 3.8) is 0 Å². The number of thioether (sulfide) groups is 1. The highest BCUT2D eigenvalue weighted by molar-refractivity contribution is 7.99. The summed E-state index contributed by atoms with van der Waals surface area (Å²) >= 11 is 1.79. The van der Waals surface area contributed by atoms with Crippen molar-refractivity contribution in [2.24, 2.45) is 5.41 Å².